The van der Waals surface area contributed by atoms with Gasteiger partial charge in [-0.15, -0.1) is 0 Å². The Morgan fingerprint density at radius 1 is 1.23 bits per heavy atom. The van der Waals surface area contributed by atoms with E-state index in [-0.39, 0.29) is 17.8 Å². The quantitative estimate of drug-likeness (QED) is 0.829. The van der Waals surface area contributed by atoms with Gasteiger partial charge in [-0.25, -0.2) is 9.40 Å². The molecule has 1 aliphatic heterocycles. The molecule has 1 aliphatic rings. The van der Waals surface area contributed by atoms with Gasteiger partial charge in [-0.05, 0) is 18.6 Å². The van der Waals surface area contributed by atoms with Crippen LogP contribution in [0.25, 0.3) is 0 Å². The lowest BCUT2D eigenvalue weighted by molar-refractivity contribution is -0.130. The van der Waals surface area contributed by atoms with Gasteiger partial charge in [-0.1, -0.05) is 48.0 Å². The molecule has 2 aromatic carbocycles. The van der Waals surface area contributed by atoms with Crippen LogP contribution in [0.5, 0.6) is 0 Å². The molecule has 4 heteroatoms. The van der Waals surface area contributed by atoms with Crippen molar-refractivity contribution in [1.29, 1.82) is 0 Å². The molecule has 0 aromatic heterocycles. The monoisotopic (exact) mass is 296 g/mol. The van der Waals surface area contributed by atoms with Gasteiger partial charge in [0, 0.05) is 18.9 Å². The fourth-order valence-electron chi connectivity index (χ4n) is 2.79. The summed E-state index contributed by atoms with van der Waals surface area (Å²) in [7, 11) is 0. The zero-order chi connectivity index (χ0) is 15.7. The van der Waals surface area contributed by atoms with Crippen molar-refractivity contribution in [3.05, 3.63) is 71.0 Å². The third-order valence-electron chi connectivity index (χ3n) is 3.85. The van der Waals surface area contributed by atoms with Crippen LogP contribution in [0, 0.1) is 12.7 Å². The predicted octanol–water partition coefficient (Wildman–Crippen LogP) is 3.83. The van der Waals surface area contributed by atoms with Crippen LogP contribution in [0.3, 0.4) is 0 Å². The zero-order valence-corrected chi connectivity index (χ0v) is 12.6. The maximum absolute atomic E-state index is 14.1. The first kappa shape index (κ1) is 14.4. The van der Waals surface area contributed by atoms with Crippen LogP contribution in [0.4, 0.5) is 4.39 Å². The highest BCUT2D eigenvalue weighted by molar-refractivity contribution is 6.03. The molecule has 0 fully saturated rings. The summed E-state index contributed by atoms with van der Waals surface area (Å²) in [5.74, 6) is -0.490. The largest absolute Gasteiger partial charge is 0.273 e. The normalized spacial score (nSPS) is 17.5. The lowest BCUT2D eigenvalue weighted by Crippen LogP contribution is -2.25. The number of hydrogen-bond acceptors (Lipinski definition) is 2. The third-order valence-corrected chi connectivity index (χ3v) is 3.85. The van der Waals surface area contributed by atoms with Crippen molar-refractivity contribution in [3.63, 3.8) is 0 Å². The molecular weight excluding hydrogens is 279 g/mol. The number of hydrazone groups is 1. The van der Waals surface area contributed by atoms with Gasteiger partial charge in [0.2, 0.25) is 5.91 Å². The van der Waals surface area contributed by atoms with Gasteiger partial charge < -0.3 is 0 Å². The average molecular weight is 296 g/mol. The lowest BCUT2D eigenvalue weighted by atomic mass is 9.97. The minimum atomic E-state index is -0.380. The molecule has 2 aromatic rings. The van der Waals surface area contributed by atoms with Crippen molar-refractivity contribution in [1.82, 2.24) is 5.01 Å². The van der Waals surface area contributed by atoms with Gasteiger partial charge in [0.25, 0.3) is 0 Å². The standard InChI is InChI=1S/C18H17FN2O/c1-12-6-5-7-14(10-12)17-11-18(21(20-17)13(2)22)15-8-3-4-9-16(15)19/h3-10,18H,11H2,1-2H3/t18-/m0/s1. The summed E-state index contributed by atoms with van der Waals surface area (Å²) in [4.78, 5) is 11.9. The number of carbonyl (C=O) groups excluding carboxylic acids is 1. The van der Waals surface area contributed by atoms with E-state index in [0.717, 1.165) is 16.8 Å². The summed E-state index contributed by atoms with van der Waals surface area (Å²) in [6.07, 6.45) is 0.518. The van der Waals surface area contributed by atoms with E-state index in [1.165, 1.54) is 18.0 Å². The van der Waals surface area contributed by atoms with Crippen molar-refractivity contribution in [2.75, 3.05) is 0 Å². The molecule has 22 heavy (non-hydrogen) atoms. The van der Waals surface area contributed by atoms with E-state index >= 15 is 0 Å². The second-order valence-corrected chi connectivity index (χ2v) is 5.52. The molecule has 3 rings (SSSR count). The Labute approximate surface area is 129 Å². The van der Waals surface area contributed by atoms with Gasteiger partial charge in [0.15, 0.2) is 0 Å². The van der Waals surface area contributed by atoms with E-state index in [1.807, 2.05) is 31.2 Å². The highest BCUT2D eigenvalue weighted by Crippen LogP contribution is 2.34. The zero-order valence-electron chi connectivity index (χ0n) is 12.6. The molecule has 0 aliphatic carbocycles. The summed E-state index contributed by atoms with van der Waals surface area (Å²) in [6, 6.07) is 14.1. The van der Waals surface area contributed by atoms with E-state index in [1.54, 1.807) is 18.2 Å². The molecule has 0 bridgehead atoms. The van der Waals surface area contributed by atoms with Crippen LogP contribution in [0.15, 0.2) is 53.6 Å². The van der Waals surface area contributed by atoms with Crippen LogP contribution in [0.1, 0.15) is 36.1 Å². The number of carbonyl (C=O) groups is 1. The summed E-state index contributed by atoms with van der Waals surface area (Å²) in [5, 5.41) is 5.82. The molecule has 0 N–H and O–H groups in total. The number of halogens is 1. The fourth-order valence-corrected chi connectivity index (χ4v) is 2.79. The molecule has 1 amide bonds. The van der Waals surface area contributed by atoms with E-state index in [9.17, 15) is 9.18 Å². The van der Waals surface area contributed by atoms with Crippen molar-refractivity contribution in [3.8, 4) is 0 Å². The Hall–Kier alpha value is -2.49. The molecule has 0 saturated heterocycles. The minimum absolute atomic E-state index is 0.184. The van der Waals surface area contributed by atoms with Gasteiger partial charge in [0.05, 0.1) is 11.8 Å². The van der Waals surface area contributed by atoms with Gasteiger partial charge in [-0.2, -0.15) is 5.10 Å². The SMILES string of the molecule is CC(=O)N1N=C(c2cccc(C)c2)C[C@H]1c1ccccc1F. The lowest BCUT2D eigenvalue weighted by Gasteiger charge is -2.20. The Bertz CT molecular complexity index is 754. The smallest absolute Gasteiger partial charge is 0.240 e. The highest BCUT2D eigenvalue weighted by Gasteiger charge is 2.32. The van der Waals surface area contributed by atoms with Crippen molar-refractivity contribution >= 4 is 11.6 Å². The molecule has 0 saturated carbocycles. The Balaban J connectivity index is 1.99. The van der Waals surface area contributed by atoms with E-state index in [2.05, 4.69) is 5.10 Å². The first-order chi connectivity index (χ1) is 10.6. The number of benzene rings is 2. The number of amides is 1. The number of hydrogen-bond donors (Lipinski definition) is 0. The Kier molecular flexibility index (Phi) is 3.75. The molecule has 0 unspecified atom stereocenters. The molecule has 0 spiro atoms. The molecule has 1 atom stereocenters. The molecule has 1 heterocycles. The second-order valence-electron chi connectivity index (χ2n) is 5.52. The molecule has 3 nitrogen and oxygen atoms in total. The van der Waals surface area contributed by atoms with Gasteiger partial charge >= 0.3 is 0 Å². The molecular formula is C18H17FN2O. The van der Waals surface area contributed by atoms with Crippen molar-refractivity contribution < 1.29 is 9.18 Å². The molecule has 112 valence electrons. The number of aryl methyl sites for hydroxylation is 1. The second kappa shape index (κ2) is 5.72. The third kappa shape index (κ3) is 2.64. The average Bonchev–Trinajstić information content (AvgIpc) is 2.93. The van der Waals surface area contributed by atoms with Crippen molar-refractivity contribution in [2.24, 2.45) is 5.10 Å². The van der Waals surface area contributed by atoms with Gasteiger partial charge in [-0.3, -0.25) is 4.79 Å². The summed E-state index contributed by atoms with van der Waals surface area (Å²) in [6.45, 7) is 3.46. The van der Waals surface area contributed by atoms with Gasteiger partial charge in [0.1, 0.15) is 5.82 Å². The van der Waals surface area contributed by atoms with E-state index in [0.29, 0.717) is 12.0 Å². The summed E-state index contributed by atoms with van der Waals surface area (Å²) >= 11 is 0. The Morgan fingerprint density at radius 3 is 2.68 bits per heavy atom. The van der Waals surface area contributed by atoms with E-state index < -0.39 is 0 Å². The minimum Gasteiger partial charge on any atom is -0.273 e. The highest BCUT2D eigenvalue weighted by atomic mass is 19.1. The molecule has 0 radical (unpaired) electrons. The maximum Gasteiger partial charge on any atom is 0.240 e. The van der Waals surface area contributed by atoms with Crippen LogP contribution in [0.2, 0.25) is 0 Å². The topological polar surface area (TPSA) is 32.7 Å². The maximum atomic E-state index is 14.1. The predicted molar refractivity (Wildman–Crippen MR) is 84.0 cm³/mol. The number of rotatable bonds is 2. The number of nitrogens with zero attached hydrogens (tertiary/aromatic N) is 2. The van der Waals surface area contributed by atoms with Crippen LogP contribution >= 0.6 is 0 Å². The van der Waals surface area contributed by atoms with E-state index in [4.69, 9.17) is 0 Å². The summed E-state index contributed by atoms with van der Waals surface area (Å²) < 4.78 is 14.1. The fraction of sp³-hybridized carbons (Fsp3) is 0.222. The first-order valence-corrected chi connectivity index (χ1v) is 7.25. The van der Waals surface area contributed by atoms with Crippen LogP contribution in [-0.4, -0.2) is 16.6 Å². The van der Waals surface area contributed by atoms with Crippen LogP contribution < -0.4 is 0 Å². The summed E-state index contributed by atoms with van der Waals surface area (Å²) in [5.41, 5.74) is 3.42. The first-order valence-electron chi connectivity index (χ1n) is 7.25. The van der Waals surface area contributed by atoms with Crippen molar-refractivity contribution in [2.45, 2.75) is 26.3 Å². The Morgan fingerprint density at radius 2 is 2.00 bits per heavy atom. The van der Waals surface area contributed by atoms with Crippen LogP contribution in [-0.2, 0) is 4.79 Å².